The molecule has 1 rings (SSSR count). The van der Waals surface area contributed by atoms with Gasteiger partial charge in [-0.25, -0.2) is 0 Å². The quantitative estimate of drug-likeness (QED) is 0.778. The number of aryl methyl sites for hydroxylation is 1. The number of nitrogens with two attached hydrogens (primary N) is 1. The van der Waals surface area contributed by atoms with Gasteiger partial charge in [-0.15, -0.1) is 0 Å². The third-order valence-electron chi connectivity index (χ3n) is 2.42. The van der Waals surface area contributed by atoms with Crippen LogP contribution >= 0.6 is 0 Å². The Balaban J connectivity index is 2.69. The predicted octanol–water partition coefficient (Wildman–Crippen LogP) is 1.54. The van der Waals surface area contributed by atoms with Gasteiger partial charge in [0.05, 0.1) is 17.9 Å². The zero-order valence-electron chi connectivity index (χ0n) is 10.9. The van der Waals surface area contributed by atoms with E-state index in [1.54, 1.807) is 0 Å². The summed E-state index contributed by atoms with van der Waals surface area (Å²) in [4.78, 5) is 13.5. The normalized spacial score (nSPS) is 10.4. The summed E-state index contributed by atoms with van der Waals surface area (Å²) >= 11 is 0. The molecule has 94 valence electrons. The van der Waals surface area contributed by atoms with Crippen LogP contribution in [0.3, 0.4) is 0 Å². The van der Waals surface area contributed by atoms with Crippen molar-refractivity contribution in [1.29, 1.82) is 0 Å². The number of rotatable bonds is 4. The number of nitrogens with one attached hydrogen (secondary N) is 1. The molecule has 0 heterocycles. The van der Waals surface area contributed by atoms with E-state index in [1.807, 2.05) is 50.9 Å². The lowest BCUT2D eigenvalue weighted by molar-refractivity contribution is -0.120. The molecule has 0 radical (unpaired) electrons. The Hall–Kier alpha value is -1.71. The van der Waals surface area contributed by atoms with Gasteiger partial charge in [-0.3, -0.25) is 4.79 Å². The van der Waals surface area contributed by atoms with Crippen molar-refractivity contribution in [2.24, 2.45) is 0 Å². The Labute approximate surface area is 103 Å². The summed E-state index contributed by atoms with van der Waals surface area (Å²) < 4.78 is 0. The van der Waals surface area contributed by atoms with Gasteiger partial charge in [0.15, 0.2) is 0 Å². The van der Waals surface area contributed by atoms with Gasteiger partial charge in [0.2, 0.25) is 5.91 Å². The first-order valence-corrected chi connectivity index (χ1v) is 5.76. The Morgan fingerprint density at radius 2 is 2.12 bits per heavy atom. The standard InChI is InChI=1S/C13H21N3O/c1-9(2)15-13(17)8-16(4)12-6-5-10(3)7-11(12)14/h5-7,9H,8,14H2,1-4H3,(H,15,17). The van der Waals surface area contributed by atoms with E-state index in [2.05, 4.69) is 5.32 Å². The highest BCUT2D eigenvalue weighted by Gasteiger charge is 2.10. The van der Waals surface area contributed by atoms with Crippen molar-refractivity contribution >= 4 is 17.3 Å². The van der Waals surface area contributed by atoms with E-state index in [4.69, 9.17) is 5.73 Å². The van der Waals surface area contributed by atoms with Gasteiger partial charge in [-0.1, -0.05) is 6.07 Å². The largest absolute Gasteiger partial charge is 0.397 e. The van der Waals surface area contributed by atoms with Crippen LogP contribution in [0.2, 0.25) is 0 Å². The number of benzene rings is 1. The van der Waals surface area contributed by atoms with E-state index in [0.29, 0.717) is 12.2 Å². The van der Waals surface area contributed by atoms with Crippen LogP contribution < -0.4 is 16.0 Å². The number of hydrogen-bond acceptors (Lipinski definition) is 3. The molecule has 17 heavy (non-hydrogen) atoms. The van der Waals surface area contributed by atoms with Crippen LogP contribution in [-0.2, 0) is 4.79 Å². The minimum atomic E-state index is 0.00229. The summed E-state index contributed by atoms with van der Waals surface area (Å²) in [6, 6.07) is 5.99. The number of amides is 1. The van der Waals surface area contributed by atoms with Gasteiger partial charge in [-0.05, 0) is 38.5 Å². The van der Waals surface area contributed by atoms with Crippen molar-refractivity contribution in [2.45, 2.75) is 26.8 Å². The maximum absolute atomic E-state index is 11.6. The summed E-state index contributed by atoms with van der Waals surface area (Å²) in [5.41, 5.74) is 8.63. The molecule has 1 amide bonds. The van der Waals surface area contributed by atoms with Crippen molar-refractivity contribution in [3.05, 3.63) is 23.8 Å². The number of nitrogen functional groups attached to an aromatic ring is 1. The van der Waals surface area contributed by atoms with Crippen LogP contribution in [0, 0.1) is 6.92 Å². The molecule has 1 aromatic carbocycles. The molecule has 0 fully saturated rings. The predicted molar refractivity (Wildman–Crippen MR) is 72.1 cm³/mol. The van der Waals surface area contributed by atoms with Crippen molar-refractivity contribution in [1.82, 2.24) is 5.32 Å². The smallest absolute Gasteiger partial charge is 0.239 e. The Bertz CT molecular complexity index is 402. The molecule has 0 saturated carbocycles. The lowest BCUT2D eigenvalue weighted by Crippen LogP contribution is -2.38. The highest BCUT2D eigenvalue weighted by atomic mass is 16.2. The second-order valence-electron chi connectivity index (χ2n) is 4.64. The van der Waals surface area contributed by atoms with Crippen LogP contribution in [0.15, 0.2) is 18.2 Å². The van der Waals surface area contributed by atoms with E-state index < -0.39 is 0 Å². The number of anilines is 2. The van der Waals surface area contributed by atoms with Gasteiger partial charge in [0.25, 0.3) is 0 Å². The molecule has 0 bridgehead atoms. The fourth-order valence-corrected chi connectivity index (χ4v) is 1.69. The maximum atomic E-state index is 11.6. The monoisotopic (exact) mass is 235 g/mol. The van der Waals surface area contributed by atoms with Crippen LogP contribution in [-0.4, -0.2) is 25.5 Å². The first kappa shape index (κ1) is 13.4. The molecule has 0 aliphatic carbocycles. The third-order valence-corrected chi connectivity index (χ3v) is 2.42. The number of likely N-dealkylation sites (N-methyl/N-ethyl adjacent to an activating group) is 1. The van der Waals surface area contributed by atoms with Crippen LogP contribution in [0.1, 0.15) is 19.4 Å². The molecule has 0 spiro atoms. The molecule has 0 aliphatic heterocycles. The zero-order valence-corrected chi connectivity index (χ0v) is 10.9. The number of nitrogens with zero attached hydrogens (tertiary/aromatic N) is 1. The SMILES string of the molecule is Cc1ccc(N(C)CC(=O)NC(C)C)c(N)c1. The fraction of sp³-hybridized carbons (Fsp3) is 0.462. The van der Waals surface area contributed by atoms with Gasteiger partial charge in [0, 0.05) is 13.1 Å². The van der Waals surface area contributed by atoms with Crippen LogP contribution in [0.25, 0.3) is 0 Å². The van der Waals surface area contributed by atoms with Gasteiger partial charge < -0.3 is 16.0 Å². The number of hydrogen-bond donors (Lipinski definition) is 2. The molecule has 4 heteroatoms. The molecule has 0 aliphatic rings. The average Bonchev–Trinajstić information content (AvgIpc) is 2.15. The van der Waals surface area contributed by atoms with E-state index in [9.17, 15) is 4.79 Å². The Morgan fingerprint density at radius 1 is 1.47 bits per heavy atom. The van der Waals surface area contributed by atoms with E-state index in [1.165, 1.54) is 0 Å². The van der Waals surface area contributed by atoms with Crippen LogP contribution in [0.5, 0.6) is 0 Å². The van der Waals surface area contributed by atoms with Crippen molar-refractivity contribution in [3.63, 3.8) is 0 Å². The minimum absolute atomic E-state index is 0.00229. The van der Waals surface area contributed by atoms with Crippen LogP contribution in [0.4, 0.5) is 11.4 Å². The maximum Gasteiger partial charge on any atom is 0.239 e. The first-order chi connectivity index (χ1) is 7.90. The lowest BCUT2D eigenvalue weighted by Gasteiger charge is -2.21. The summed E-state index contributed by atoms with van der Waals surface area (Å²) in [5.74, 6) is 0.00229. The Morgan fingerprint density at radius 3 is 2.65 bits per heavy atom. The molecular weight excluding hydrogens is 214 g/mol. The number of carbonyl (C=O) groups excluding carboxylic acids is 1. The second-order valence-corrected chi connectivity index (χ2v) is 4.64. The Kier molecular flexibility index (Phi) is 4.37. The lowest BCUT2D eigenvalue weighted by atomic mass is 10.2. The topological polar surface area (TPSA) is 58.4 Å². The highest BCUT2D eigenvalue weighted by molar-refractivity contribution is 5.83. The number of carbonyl (C=O) groups is 1. The molecule has 3 N–H and O–H groups in total. The molecule has 0 saturated heterocycles. The van der Waals surface area contributed by atoms with E-state index in [-0.39, 0.29) is 11.9 Å². The zero-order chi connectivity index (χ0) is 13.0. The van der Waals surface area contributed by atoms with Gasteiger partial charge >= 0.3 is 0 Å². The first-order valence-electron chi connectivity index (χ1n) is 5.76. The summed E-state index contributed by atoms with van der Waals surface area (Å²) in [6.07, 6.45) is 0. The molecule has 0 aromatic heterocycles. The van der Waals surface area contributed by atoms with E-state index >= 15 is 0 Å². The highest BCUT2D eigenvalue weighted by Crippen LogP contribution is 2.22. The van der Waals surface area contributed by atoms with Crippen molar-refractivity contribution in [3.8, 4) is 0 Å². The molecule has 0 unspecified atom stereocenters. The summed E-state index contributed by atoms with van der Waals surface area (Å²) in [5, 5.41) is 2.85. The van der Waals surface area contributed by atoms with E-state index in [0.717, 1.165) is 11.3 Å². The molecule has 4 nitrogen and oxygen atoms in total. The summed E-state index contributed by atoms with van der Waals surface area (Å²) in [7, 11) is 1.86. The molecule has 1 aromatic rings. The average molecular weight is 235 g/mol. The fourth-order valence-electron chi connectivity index (χ4n) is 1.69. The van der Waals surface area contributed by atoms with Gasteiger partial charge in [0.1, 0.15) is 0 Å². The van der Waals surface area contributed by atoms with Gasteiger partial charge in [-0.2, -0.15) is 0 Å². The second kappa shape index (κ2) is 5.57. The molecular formula is C13H21N3O. The third kappa shape index (κ3) is 3.98. The molecule has 0 atom stereocenters. The summed E-state index contributed by atoms with van der Waals surface area (Å²) in [6.45, 7) is 6.19. The van der Waals surface area contributed by atoms with Crippen molar-refractivity contribution in [2.75, 3.05) is 24.2 Å². The minimum Gasteiger partial charge on any atom is -0.397 e. The van der Waals surface area contributed by atoms with Crippen molar-refractivity contribution < 1.29 is 4.79 Å².